The van der Waals surface area contributed by atoms with Gasteiger partial charge in [-0.25, -0.2) is 0 Å². The van der Waals surface area contributed by atoms with Gasteiger partial charge in [0, 0.05) is 16.8 Å². The van der Waals surface area contributed by atoms with Crippen molar-refractivity contribution in [3.63, 3.8) is 0 Å². The average Bonchev–Trinajstić information content (AvgIpc) is 2.46. The fourth-order valence-electron chi connectivity index (χ4n) is 2.55. The third kappa shape index (κ3) is 3.41. The highest BCUT2D eigenvalue weighted by atomic mass is 79.9. The van der Waals surface area contributed by atoms with E-state index in [2.05, 4.69) is 15.9 Å². The van der Waals surface area contributed by atoms with Crippen LogP contribution in [0.1, 0.15) is 32.1 Å². The zero-order valence-corrected chi connectivity index (χ0v) is 12.5. The van der Waals surface area contributed by atoms with E-state index >= 15 is 0 Å². The molecule has 18 heavy (non-hydrogen) atoms. The molecule has 0 bridgehead atoms. The summed E-state index contributed by atoms with van der Waals surface area (Å²) in [5, 5.41) is 1.03. The molecule has 100 valence electrons. The molecule has 1 aromatic carbocycles. The third-order valence-corrected chi connectivity index (χ3v) is 4.97. The van der Waals surface area contributed by atoms with E-state index in [1.807, 2.05) is 24.3 Å². The van der Waals surface area contributed by atoms with Gasteiger partial charge in [-0.1, -0.05) is 41.3 Å². The number of ether oxygens (including phenoxy) is 2. The van der Waals surface area contributed by atoms with Gasteiger partial charge >= 0.3 is 0 Å². The van der Waals surface area contributed by atoms with Crippen LogP contribution < -0.4 is 9.47 Å². The van der Waals surface area contributed by atoms with Gasteiger partial charge in [0.1, 0.15) is 11.5 Å². The molecule has 2 rings (SSSR count). The van der Waals surface area contributed by atoms with Crippen molar-refractivity contribution in [2.24, 2.45) is 5.41 Å². The first-order valence-corrected chi connectivity index (χ1v) is 7.73. The minimum Gasteiger partial charge on any atom is -0.497 e. The van der Waals surface area contributed by atoms with Gasteiger partial charge in [0.15, 0.2) is 0 Å². The van der Waals surface area contributed by atoms with E-state index in [1.54, 1.807) is 7.11 Å². The first kappa shape index (κ1) is 13.7. The van der Waals surface area contributed by atoms with Crippen LogP contribution in [0.15, 0.2) is 24.3 Å². The Morgan fingerprint density at radius 1 is 1.17 bits per heavy atom. The normalized spacial score (nSPS) is 18.3. The molecule has 0 spiro atoms. The fraction of sp³-hybridized carbons (Fsp3) is 0.600. The Morgan fingerprint density at radius 3 is 2.56 bits per heavy atom. The van der Waals surface area contributed by atoms with Gasteiger partial charge in [-0.05, 0) is 25.0 Å². The zero-order chi connectivity index (χ0) is 12.8. The van der Waals surface area contributed by atoms with Crippen molar-refractivity contribution in [1.82, 2.24) is 0 Å². The number of rotatable bonds is 5. The number of methoxy groups -OCH3 is 1. The van der Waals surface area contributed by atoms with E-state index in [-0.39, 0.29) is 0 Å². The molecule has 3 heteroatoms. The molecule has 1 fully saturated rings. The Kier molecular flexibility index (Phi) is 4.93. The maximum atomic E-state index is 5.97. The second-order valence-electron chi connectivity index (χ2n) is 5.16. The first-order chi connectivity index (χ1) is 8.78. The van der Waals surface area contributed by atoms with Crippen molar-refractivity contribution in [2.75, 3.05) is 19.0 Å². The van der Waals surface area contributed by atoms with Crippen LogP contribution in [0.2, 0.25) is 0 Å². The van der Waals surface area contributed by atoms with E-state index in [1.165, 1.54) is 32.1 Å². The molecule has 1 aliphatic rings. The summed E-state index contributed by atoms with van der Waals surface area (Å²) in [6.07, 6.45) is 6.55. The van der Waals surface area contributed by atoms with Gasteiger partial charge in [-0.2, -0.15) is 0 Å². The summed E-state index contributed by atoms with van der Waals surface area (Å²) in [7, 11) is 1.68. The lowest BCUT2D eigenvalue weighted by molar-refractivity contribution is 0.121. The maximum Gasteiger partial charge on any atom is 0.123 e. The minimum atomic E-state index is 0.321. The molecule has 0 amide bonds. The second kappa shape index (κ2) is 6.46. The Balaban J connectivity index is 1.96. The van der Waals surface area contributed by atoms with Gasteiger partial charge in [0.05, 0.1) is 13.7 Å². The van der Waals surface area contributed by atoms with Gasteiger partial charge in [0.2, 0.25) is 0 Å². The van der Waals surface area contributed by atoms with Crippen LogP contribution in [0.3, 0.4) is 0 Å². The lowest BCUT2D eigenvalue weighted by Gasteiger charge is -2.35. The standard InChI is InChI=1S/C15H21BrO2/c1-17-13-6-5-7-14(10-13)18-12-15(11-16)8-3-2-4-9-15/h5-7,10H,2-4,8-9,11-12H2,1H3. The molecule has 1 saturated carbocycles. The topological polar surface area (TPSA) is 18.5 Å². The molecular weight excluding hydrogens is 292 g/mol. The predicted octanol–water partition coefficient (Wildman–Crippen LogP) is 4.42. The average molecular weight is 313 g/mol. The summed E-state index contributed by atoms with van der Waals surface area (Å²) in [5.41, 5.74) is 0.321. The lowest BCUT2D eigenvalue weighted by atomic mass is 9.76. The predicted molar refractivity (Wildman–Crippen MR) is 77.8 cm³/mol. The number of hydrogen-bond acceptors (Lipinski definition) is 2. The smallest absolute Gasteiger partial charge is 0.123 e. The summed E-state index contributed by atoms with van der Waals surface area (Å²) >= 11 is 3.67. The molecule has 0 aliphatic heterocycles. The Morgan fingerprint density at radius 2 is 1.89 bits per heavy atom. The Labute approximate surface area is 118 Å². The van der Waals surface area contributed by atoms with Crippen LogP contribution in [0, 0.1) is 5.41 Å². The van der Waals surface area contributed by atoms with Crippen molar-refractivity contribution >= 4 is 15.9 Å². The number of alkyl halides is 1. The summed E-state index contributed by atoms with van der Waals surface area (Å²) in [5.74, 6) is 1.75. The molecular formula is C15H21BrO2. The van der Waals surface area contributed by atoms with Crippen molar-refractivity contribution < 1.29 is 9.47 Å². The van der Waals surface area contributed by atoms with Gasteiger partial charge in [-0.3, -0.25) is 0 Å². The van der Waals surface area contributed by atoms with Crippen LogP contribution in [-0.4, -0.2) is 19.0 Å². The SMILES string of the molecule is COc1cccc(OCC2(CBr)CCCCC2)c1. The molecule has 0 N–H and O–H groups in total. The van der Waals surface area contributed by atoms with E-state index in [0.29, 0.717) is 5.41 Å². The Bertz CT molecular complexity index is 373. The van der Waals surface area contributed by atoms with Gasteiger partial charge in [-0.15, -0.1) is 0 Å². The van der Waals surface area contributed by atoms with Crippen LogP contribution in [0.4, 0.5) is 0 Å². The lowest BCUT2D eigenvalue weighted by Crippen LogP contribution is -2.32. The van der Waals surface area contributed by atoms with E-state index in [4.69, 9.17) is 9.47 Å². The number of hydrogen-bond donors (Lipinski definition) is 0. The largest absolute Gasteiger partial charge is 0.497 e. The molecule has 0 heterocycles. The van der Waals surface area contributed by atoms with Gasteiger partial charge in [0.25, 0.3) is 0 Å². The van der Waals surface area contributed by atoms with Crippen molar-refractivity contribution in [3.8, 4) is 11.5 Å². The summed E-state index contributed by atoms with van der Waals surface area (Å²) in [6, 6.07) is 7.85. The Hall–Kier alpha value is -0.700. The molecule has 2 nitrogen and oxygen atoms in total. The maximum absolute atomic E-state index is 5.97. The summed E-state index contributed by atoms with van der Waals surface area (Å²) in [4.78, 5) is 0. The summed E-state index contributed by atoms with van der Waals surface area (Å²) < 4.78 is 11.2. The van der Waals surface area contributed by atoms with Crippen LogP contribution in [0.25, 0.3) is 0 Å². The first-order valence-electron chi connectivity index (χ1n) is 6.61. The molecule has 0 atom stereocenters. The van der Waals surface area contributed by atoms with Crippen LogP contribution in [-0.2, 0) is 0 Å². The minimum absolute atomic E-state index is 0.321. The van der Waals surface area contributed by atoms with E-state index < -0.39 is 0 Å². The quantitative estimate of drug-likeness (QED) is 0.749. The van der Waals surface area contributed by atoms with Gasteiger partial charge < -0.3 is 9.47 Å². The fourth-order valence-corrected chi connectivity index (χ4v) is 3.27. The van der Waals surface area contributed by atoms with Crippen LogP contribution in [0.5, 0.6) is 11.5 Å². The number of halogens is 1. The highest BCUT2D eigenvalue weighted by Gasteiger charge is 2.31. The van der Waals surface area contributed by atoms with Crippen molar-refractivity contribution in [2.45, 2.75) is 32.1 Å². The monoisotopic (exact) mass is 312 g/mol. The van der Waals surface area contributed by atoms with Crippen molar-refractivity contribution in [3.05, 3.63) is 24.3 Å². The third-order valence-electron chi connectivity index (χ3n) is 3.78. The molecule has 1 aliphatic carbocycles. The molecule has 0 aromatic heterocycles. The zero-order valence-electron chi connectivity index (χ0n) is 11.0. The van der Waals surface area contributed by atoms with Crippen LogP contribution >= 0.6 is 15.9 Å². The summed E-state index contributed by atoms with van der Waals surface area (Å²) in [6.45, 7) is 0.797. The van der Waals surface area contributed by atoms with Crippen molar-refractivity contribution in [1.29, 1.82) is 0 Å². The molecule has 0 saturated heterocycles. The second-order valence-corrected chi connectivity index (χ2v) is 5.72. The molecule has 1 aromatic rings. The molecule has 0 unspecified atom stereocenters. The highest BCUT2D eigenvalue weighted by molar-refractivity contribution is 9.09. The van der Waals surface area contributed by atoms with E-state index in [0.717, 1.165) is 23.4 Å². The molecule has 0 radical (unpaired) electrons. The number of benzene rings is 1. The van der Waals surface area contributed by atoms with E-state index in [9.17, 15) is 0 Å². The highest BCUT2D eigenvalue weighted by Crippen LogP contribution is 2.38.